The Hall–Kier alpha value is -1.10. The second-order valence-corrected chi connectivity index (χ2v) is 7.58. The fraction of sp³-hybridized carbons (Fsp3) is 0.913. The van der Waals surface area contributed by atoms with Crippen molar-refractivity contribution in [3.05, 3.63) is 0 Å². The summed E-state index contributed by atoms with van der Waals surface area (Å²) in [5.74, 6) is -0.232. The van der Waals surface area contributed by atoms with Crippen LogP contribution in [0.5, 0.6) is 0 Å². The van der Waals surface area contributed by atoms with Crippen molar-refractivity contribution in [2.24, 2.45) is 0 Å². The van der Waals surface area contributed by atoms with Gasteiger partial charge in [-0.2, -0.15) is 0 Å². The first-order valence-corrected chi connectivity index (χ1v) is 11.5. The van der Waals surface area contributed by atoms with E-state index in [1.54, 1.807) is 7.11 Å². The molecule has 0 bridgehead atoms. The molecule has 0 fully saturated rings. The lowest BCUT2D eigenvalue weighted by atomic mass is 10.1. The van der Waals surface area contributed by atoms with E-state index in [0.29, 0.717) is 26.1 Å². The number of carbonyl (C=O) groups excluding carboxylic acids is 2. The highest BCUT2D eigenvalue weighted by Gasteiger charge is 2.14. The van der Waals surface area contributed by atoms with Gasteiger partial charge in [-0.25, -0.2) is 0 Å². The van der Waals surface area contributed by atoms with Crippen LogP contribution in [0.2, 0.25) is 0 Å². The Morgan fingerprint density at radius 3 is 1.96 bits per heavy atom. The van der Waals surface area contributed by atoms with Crippen LogP contribution in [-0.4, -0.2) is 38.4 Å². The van der Waals surface area contributed by atoms with Gasteiger partial charge in [0.1, 0.15) is 6.10 Å². The number of hydrogen-bond donors (Lipinski definition) is 0. The minimum atomic E-state index is -0.121. The zero-order valence-electron chi connectivity index (χ0n) is 18.6. The van der Waals surface area contributed by atoms with Crippen molar-refractivity contribution in [1.29, 1.82) is 0 Å². The van der Waals surface area contributed by atoms with Gasteiger partial charge in [0.15, 0.2) is 0 Å². The lowest BCUT2D eigenvalue weighted by Crippen LogP contribution is -2.19. The minimum absolute atomic E-state index is 0.0117. The molecule has 0 aliphatic carbocycles. The predicted octanol–water partition coefficient (Wildman–Crippen LogP) is 5.98. The Morgan fingerprint density at radius 1 is 0.679 bits per heavy atom. The number of ether oxygens (including phenoxy) is 3. The molecule has 0 saturated carbocycles. The van der Waals surface area contributed by atoms with Crippen molar-refractivity contribution >= 4 is 11.9 Å². The molecule has 166 valence electrons. The highest BCUT2D eigenvalue weighted by atomic mass is 16.5. The highest BCUT2D eigenvalue weighted by Crippen LogP contribution is 2.15. The molecule has 0 rings (SSSR count). The Labute approximate surface area is 172 Å². The summed E-state index contributed by atoms with van der Waals surface area (Å²) in [4.78, 5) is 23.7. The van der Waals surface area contributed by atoms with Crippen molar-refractivity contribution < 1.29 is 23.8 Å². The van der Waals surface area contributed by atoms with E-state index in [1.165, 1.54) is 19.3 Å². The Bertz CT molecular complexity index is 370. The lowest BCUT2D eigenvalue weighted by Gasteiger charge is -2.18. The zero-order chi connectivity index (χ0) is 20.9. The monoisotopic (exact) mass is 400 g/mol. The van der Waals surface area contributed by atoms with E-state index in [4.69, 9.17) is 14.2 Å². The van der Waals surface area contributed by atoms with E-state index < -0.39 is 0 Å². The van der Waals surface area contributed by atoms with Crippen molar-refractivity contribution in [2.75, 3.05) is 20.3 Å². The first kappa shape index (κ1) is 26.9. The number of hydrogen-bond acceptors (Lipinski definition) is 5. The molecule has 1 unspecified atom stereocenters. The van der Waals surface area contributed by atoms with Gasteiger partial charge in [-0.05, 0) is 44.9 Å². The molecule has 0 saturated heterocycles. The fourth-order valence-corrected chi connectivity index (χ4v) is 3.09. The van der Waals surface area contributed by atoms with E-state index in [1.807, 2.05) is 0 Å². The molecule has 0 aromatic heterocycles. The summed E-state index contributed by atoms with van der Waals surface area (Å²) in [5.41, 5.74) is 0. The molecule has 0 aliphatic heterocycles. The molecule has 0 aromatic carbocycles. The molecule has 0 heterocycles. The molecular weight excluding hydrogens is 356 g/mol. The first-order valence-electron chi connectivity index (χ1n) is 11.5. The summed E-state index contributed by atoms with van der Waals surface area (Å²) < 4.78 is 16.0. The van der Waals surface area contributed by atoms with E-state index >= 15 is 0 Å². The highest BCUT2D eigenvalue weighted by molar-refractivity contribution is 5.70. The molecule has 5 heteroatoms. The van der Waals surface area contributed by atoms with Gasteiger partial charge in [0, 0.05) is 26.6 Å². The average Bonchev–Trinajstić information content (AvgIpc) is 2.68. The quantitative estimate of drug-likeness (QED) is 0.186. The van der Waals surface area contributed by atoms with Crippen LogP contribution in [0.3, 0.4) is 0 Å². The lowest BCUT2D eigenvalue weighted by molar-refractivity contribution is -0.150. The van der Waals surface area contributed by atoms with Gasteiger partial charge >= 0.3 is 11.9 Å². The van der Waals surface area contributed by atoms with Crippen LogP contribution < -0.4 is 0 Å². The van der Waals surface area contributed by atoms with Crippen LogP contribution >= 0.6 is 0 Å². The van der Waals surface area contributed by atoms with Crippen LogP contribution in [0, 0.1) is 0 Å². The third-order valence-electron chi connectivity index (χ3n) is 4.83. The predicted molar refractivity (Wildman–Crippen MR) is 113 cm³/mol. The van der Waals surface area contributed by atoms with Gasteiger partial charge in [-0.1, -0.05) is 52.4 Å². The normalized spacial score (nSPS) is 12.0. The summed E-state index contributed by atoms with van der Waals surface area (Å²) in [6.07, 6.45) is 13.9. The standard InChI is InChI=1S/C23H44O5/c1-4-6-8-10-15-21(16-14-19-26-3)28-23(25)18-12-9-11-17-22(24)27-20-13-7-5-2/h21H,4-20H2,1-3H3. The van der Waals surface area contributed by atoms with Gasteiger partial charge in [0.2, 0.25) is 0 Å². The summed E-state index contributed by atoms with van der Waals surface area (Å²) in [5, 5.41) is 0. The van der Waals surface area contributed by atoms with Crippen LogP contribution in [0.4, 0.5) is 0 Å². The summed E-state index contributed by atoms with van der Waals surface area (Å²) >= 11 is 0. The molecule has 28 heavy (non-hydrogen) atoms. The van der Waals surface area contributed by atoms with Crippen LogP contribution in [0.15, 0.2) is 0 Å². The van der Waals surface area contributed by atoms with Gasteiger partial charge in [-0.3, -0.25) is 9.59 Å². The summed E-state index contributed by atoms with van der Waals surface area (Å²) in [7, 11) is 1.70. The Balaban J connectivity index is 3.85. The molecule has 5 nitrogen and oxygen atoms in total. The number of rotatable bonds is 20. The van der Waals surface area contributed by atoms with E-state index in [2.05, 4.69) is 13.8 Å². The van der Waals surface area contributed by atoms with E-state index in [9.17, 15) is 9.59 Å². The molecular formula is C23H44O5. The molecule has 0 spiro atoms. The van der Waals surface area contributed by atoms with E-state index in [-0.39, 0.29) is 18.0 Å². The van der Waals surface area contributed by atoms with Crippen molar-refractivity contribution in [2.45, 2.75) is 116 Å². The van der Waals surface area contributed by atoms with E-state index in [0.717, 1.165) is 64.2 Å². The molecule has 0 aromatic rings. The smallest absolute Gasteiger partial charge is 0.306 e. The Kier molecular flexibility index (Phi) is 19.8. The zero-order valence-corrected chi connectivity index (χ0v) is 18.6. The first-order chi connectivity index (χ1) is 13.6. The third-order valence-corrected chi connectivity index (χ3v) is 4.83. The fourth-order valence-electron chi connectivity index (χ4n) is 3.09. The van der Waals surface area contributed by atoms with Crippen molar-refractivity contribution in [3.63, 3.8) is 0 Å². The van der Waals surface area contributed by atoms with Crippen LogP contribution in [0.1, 0.15) is 110 Å². The van der Waals surface area contributed by atoms with Crippen molar-refractivity contribution in [3.8, 4) is 0 Å². The number of unbranched alkanes of at least 4 members (excludes halogenated alkanes) is 7. The SMILES string of the molecule is CCCCCCC(CCCOC)OC(=O)CCCCCC(=O)OCCCCC. The maximum atomic E-state index is 12.1. The third kappa shape index (κ3) is 18.3. The number of esters is 2. The second-order valence-electron chi connectivity index (χ2n) is 7.58. The largest absolute Gasteiger partial charge is 0.466 e. The summed E-state index contributed by atoms with van der Waals surface area (Å²) in [6, 6.07) is 0. The molecule has 0 radical (unpaired) electrons. The topological polar surface area (TPSA) is 61.8 Å². The maximum Gasteiger partial charge on any atom is 0.306 e. The molecule has 0 N–H and O–H groups in total. The van der Waals surface area contributed by atoms with Crippen molar-refractivity contribution in [1.82, 2.24) is 0 Å². The number of methoxy groups -OCH3 is 1. The Morgan fingerprint density at radius 2 is 1.29 bits per heavy atom. The molecule has 1 atom stereocenters. The number of carbonyl (C=O) groups is 2. The maximum absolute atomic E-state index is 12.1. The second kappa shape index (κ2) is 20.6. The molecule has 0 amide bonds. The van der Waals surface area contributed by atoms with Crippen LogP contribution in [0.25, 0.3) is 0 Å². The van der Waals surface area contributed by atoms with Gasteiger partial charge in [0.05, 0.1) is 6.61 Å². The van der Waals surface area contributed by atoms with Gasteiger partial charge in [0.25, 0.3) is 0 Å². The minimum Gasteiger partial charge on any atom is -0.466 e. The average molecular weight is 401 g/mol. The van der Waals surface area contributed by atoms with Gasteiger partial charge < -0.3 is 14.2 Å². The van der Waals surface area contributed by atoms with Gasteiger partial charge in [-0.15, -0.1) is 0 Å². The summed E-state index contributed by atoms with van der Waals surface area (Å²) in [6.45, 7) is 5.56. The molecule has 0 aliphatic rings. The van der Waals surface area contributed by atoms with Crippen LogP contribution in [-0.2, 0) is 23.8 Å².